The first-order chi connectivity index (χ1) is 38.1. The van der Waals surface area contributed by atoms with Gasteiger partial charge in [-0.15, -0.1) is 53.6 Å². The van der Waals surface area contributed by atoms with Crippen molar-refractivity contribution in [3.05, 3.63) is 78.4 Å². The maximum Gasteiger partial charge on any atom is 0.311 e. The molecular formula is C66H114O9S4Si3. The lowest BCUT2D eigenvalue weighted by molar-refractivity contribution is -0.267. The van der Waals surface area contributed by atoms with E-state index in [9.17, 15) is 4.79 Å². The van der Waals surface area contributed by atoms with E-state index in [0.29, 0.717) is 26.2 Å². The number of carbonyl (C=O) groups excluding carboxylic acids is 1. The summed E-state index contributed by atoms with van der Waals surface area (Å²) >= 11 is 8.64. The van der Waals surface area contributed by atoms with Gasteiger partial charge in [0.1, 0.15) is 5.75 Å². The van der Waals surface area contributed by atoms with E-state index in [1.807, 2.05) is 39.0 Å². The molecular weight excluding hydrogens is 1150 g/mol. The van der Waals surface area contributed by atoms with Crippen LogP contribution in [0.2, 0.25) is 54.4 Å². The minimum atomic E-state index is -2.37. The normalized spacial score (nSPS) is 22.4. The van der Waals surface area contributed by atoms with Gasteiger partial charge in [0.15, 0.2) is 31.2 Å². The van der Waals surface area contributed by atoms with Gasteiger partial charge < -0.3 is 37.0 Å². The van der Waals surface area contributed by atoms with Crippen LogP contribution in [0.5, 0.6) is 5.75 Å². The zero-order valence-electron chi connectivity index (χ0n) is 54.9. The van der Waals surface area contributed by atoms with Gasteiger partial charge in [-0.05, 0) is 174 Å². The van der Waals surface area contributed by atoms with Gasteiger partial charge in [0.05, 0.1) is 64.9 Å². The molecule has 468 valence electrons. The van der Waals surface area contributed by atoms with Crippen molar-refractivity contribution in [1.29, 1.82) is 0 Å². The van der Waals surface area contributed by atoms with Crippen LogP contribution in [0, 0.1) is 17.3 Å². The first-order valence-corrected chi connectivity index (χ1v) is 43.7. The summed E-state index contributed by atoms with van der Waals surface area (Å²) in [6, 6.07) is 18.4. The molecule has 5 rings (SSSR count). The predicted octanol–water partition coefficient (Wildman–Crippen LogP) is 19.1. The highest BCUT2D eigenvalue weighted by atomic mass is 32.2. The molecule has 0 spiro atoms. The van der Waals surface area contributed by atoms with Crippen LogP contribution in [0.4, 0.5) is 0 Å². The van der Waals surface area contributed by atoms with Gasteiger partial charge in [0, 0.05) is 29.9 Å². The molecule has 3 aliphatic heterocycles. The van der Waals surface area contributed by atoms with E-state index in [1.54, 1.807) is 7.11 Å². The average Bonchev–Trinajstić information content (AvgIpc) is 3.46. The fourth-order valence-corrected chi connectivity index (χ4v) is 21.4. The quantitative estimate of drug-likeness (QED) is 0.0440. The number of methoxy groups -OCH3 is 1. The van der Waals surface area contributed by atoms with Crippen molar-refractivity contribution in [2.75, 3.05) is 43.3 Å². The van der Waals surface area contributed by atoms with Gasteiger partial charge in [-0.3, -0.25) is 4.79 Å². The highest BCUT2D eigenvalue weighted by Crippen LogP contribution is 2.55. The van der Waals surface area contributed by atoms with Gasteiger partial charge in [-0.1, -0.05) is 118 Å². The summed E-state index contributed by atoms with van der Waals surface area (Å²) in [5.41, 5.74) is 1.52. The molecule has 3 fully saturated rings. The topological polar surface area (TPSA) is 90.9 Å². The van der Waals surface area contributed by atoms with Gasteiger partial charge in [-0.25, -0.2) is 0 Å². The SMILES string of the molecule is C=C[C@@H]([C@@H]1C[C@H](COCc2ccccc2)O[C@H](c2ccc(OC)cc2)O1)[C@H](CC1(C[C@H](CCCC2(C[C@@H](O[Si](C)(C)C(C)(C)C)[C@H](CC)COC(=O)C(C)(C)C)SCCCS2)O[Si](C)(C)C(C)(C)C)SCCCS1)O[Si](C)(C)C(C)(C)C. The van der Waals surface area contributed by atoms with E-state index in [1.165, 1.54) is 12.8 Å². The molecule has 16 heteroatoms. The second-order valence-electron chi connectivity index (χ2n) is 29.4. The maximum absolute atomic E-state index is 13.3. The Hall–Kier alpha value is -0.739. The number of hydrogen-bond donors (Lipinski definition) is 0. The van der Waals surface area contributed by atoms with Gasteiger partial charge >= 0.3 is 5.97 Å². The Kier molecular flexibility index (Phi) is 26.9. The van der Waals surface area contributed by atoms with Crippen LogP contribution in [0.25, 0.3) is 0 Å². The molecule has 0 radical (unpaired) electrons. The molecule has 82 heavy (non-hydrogen) atoms. The lowest BCUT2D eigenvalue weighted by atomic mass is 9.87. The van der Waals surface area contributed by atoms with E-state index in [0.717, 1.165) is 84.8 Å². The smallest absolute Gasteiger partial charge is 0.311 e. The number of benzene rings is 2. The maximum atomic E-state index is 13.3. The minimum Gasteiger partial charge on any atom is -0.497 e. The number of esters is 1. The van der Waals surface area contributed by atoms with Crippen LogP contribution in [-0.2, 0) is 43.6 Å². The minimum absolute atomic E-state index is 0.0165. The lowest BCUT2D eigenvalue weighted by Crippen LogP contribution is -2.52. The van der Waals surface area contributed by atoms with Crippen molar-refractivity contribution in [3.63, 3.8) is 0 Å². The molecule has 0 N–H and O–H groups in total. The van der Waals surface area contributed by atoms with Crippen molar-refractivity contribution in [2.45, 2.75) is 260 Å². The largest absolute Gasteiger partial charge is 0.497 e. The molecule has 3 aliphatic rings. The predicted molar refractivity (Wildman–Crippen MR) is 363 cm³/mol. The number of rotatable bonds is 29. The van der Waals surface area contributed by atoms with Crippen LogP contribution < -0.4 is 4.74 Å². The van der Waals surface area contributed by atoms with Crippen LogP contribution in [0.1, 0.15) is 172 Å². The number of hydrogen-bond acceptors (Lipinski definition) is 13. The molecule has 0 saturated carbocycles. The fourth-order valence-electron chi connectivity index (χ4n) is 10.3. The van der Waals surface area contributed by atoms with Crippen molar-refractivity contribution >= 4 is 78.0 Å². The third kappa shape index (κ3) is 20.9. The van der Waals surface area contributed by atoms with E-state index in [-0.39, 0.29) is 71.6 Å². The van der Waals surface area contributed by atoms with Crippen molar-refractivity contribution in [1.82, 2.24) is 0 Å². The highest BCUT2D eigenvalue weighted by molar-refractivity contribution is 8.19. The summed E-state index contributed by atoms with van der Waals surface area (Å²) in [7, 11) is -5.12. The summed E-state index contributed by atoms with van der Waals surface area (Å²) < 4.78 is 55.2. The van der Waals surface area contributed by atoms with Crippen molar-refractivity contribution in [2.24, 2.45) is 17.3 Å². The molecule has 0 unspecified atom stereocenters. The number of thioether (sulfide) groups is 4. The van der Waals surface area contributed by atoms with Crippen molar-refractivity contribution < 1.29 is 41.8 Å². The fraction of sp³-hybridized carbons (Fsp3) is 0.773. The van der Waals surface area contributed by atoms with Crippen molar-refractivity contribution in [3.8, 4) is 5.75 Å². The second-order valence-corrected chi connectivity index (χ2v) is 50.1. The molecule has 2 aromatic carbocycles. The van der Waals surface area contributed by atoms with Gasteiger partial charge in [0.25, 0.3) is 0 Å². The Bertz CT molecular complexity index is 2230. The highest BCUT2D eigenvalue weighted by Gasteiger charge is 2.50. The molecule has 0 bridgehead atoms. The molecule has 9 nitrogen and oxygen atoms in total. The second kappa shape index (κ2) is 30.7. The van der Waals surface area contributed by atoms with Crippen LogP contribution in [0.15, 0.2) is 67.3 Å². The lowest BCUT2D eigenvalue weighted by Gasteiger charge is -2.49. The Balaban J connectivity index is 1.51. The Morgan fingerprint density at radius 3 is 1.74 bits per heavy atom. The molecule has 8 atom stereocenters. The summed E-state index contributed by atoms with van der Waals surface area (Å²) in [5.74, 6) is 5.14. The first kappa shape index (κ1) is 72.0. The van der Waals surface area contributed by atoms with Crippen LogP contribution in [0.3, 0.4) is 0 Å². The molecule has 2 aromatic rings. The van der Waals surface area contributed by atoms with Crippen LogP contribution >= 0.6 is 47.0 Å². The molecule has 0 aliphatic carbocycles. The third-order valence-electron chi connectivity index (χ3n) is 18.6. The summed E-state index contributed by atoms with van der Waals surface area (Å²) in [5, 5.41) is 0.0728. The number of carbonyl (C=O) groups is 1. The molecule has 3 heterocycles. The number of ether oxygens (including phenoxy) is 5. The third-order valence-corrected chi connectivity index (χ3v) is 39.0. The zero-order valence-corrected chi connectivity index (χ0v) is 61.2. The average molecular weight is 1260 g/mol. The molecule has 0 aromatic heterocycles. The zero-order chi connectivity index (χ0) is 61.0. The van der Waals surface area contributed by atoms with Gasteiger partial charge in [-0.2, -0.15) is 0 Å². The standard InChI is InChI=1S/C66H114O9S4Si3/c1-22-50(47-70-60(67)61(3,4)5)57(74-81(18,19)63(9,10)11)44-65(76-38-28-39-77-65)37-27-32-53(73-80(16,17)62(6,7)8)43-66(78-40-29-41-79-66)45-58(75-82(20,21)64(12,13)14)55(23-2)56-42-54(48-69-46-49-30-25-24-26-31-49)71-59(72-56)51-33-35-52(68-15)36-34-51/h23-26,30-31,33-36,50,53-59H,2,22,27-29,32,37-48H2,1,3-21H3/t50-,53+,54-,55+,56+,57-,58+,59+/m1/s1. The first-order valence-electron chi connectivity index (χ1n) is 31.0. The van der Waals surface area contributed by atoms with Gasteiger partial charge in [0.2, 0.25) is 0 Å². The monoisotopic (exact) mass is 1260 g/mol. The van der Waals surface area contributed by atoms with Crippen LogP contribution in [-0.4, -0.2) is 113 Å². The van der Waals surface area contributed by atoms with E-state index in [2.05, 4.69) is 205 Å². The summed E-state index contributed by atoms with van der Waals surface area (Å²) in [6.07, 6.45) is 10.8. The van der Waals surface area contributed by atoms with E-state index < -0.39 is 36.7 Å². The van der Waals surface area contributed by atoms with E-state index >= 15 is 0 Å². The summed E-state index contributed by atoms with van der Waals surface area (Å²) in [6.45, 7) is 49.8. The molecule has 3 saturated heterocycles. The van der Waals surface area contributed by atoms with E-state index in [4.69, 9.17) is 37.0 Å². The molecule has 0 amide bonds. The Labute approximate surface area is 521 Å². The summed E-state index contributed by atoms with van der Waals surface area (Å²) in [4.78, 5) is 13.3. The Morgan fingerprint density at radius 1 is 0.707 bits per heavy atom. The Morgan fingerprint density at radius 2 is 1.23 bits per heavy atom.